The first-order valence-electron chi connectivity index (χ1n) is 8.67. The van der Waals surface area contributed by atoms with Gasteiger partial charge in [-0.3, -0.25) is 9.69 Å². The molecule has 1 heterocycles. The third-order valence-corrected chi connectivity index (χ3v) is 5.33. The maximum absolute atomic E-state index is 12.6. The van der Waals surface area contributed by atoms with Crippen molar-refractivity contribution in [2.75, 3.05) is 39.4 Å². The molecule has 1 saturated heterocycles. The Balaban J connectivity index is 1.53. The van der Waals surface area contributed by atoms with Crippen LogP contribution in [0.1, 0.15) is 15.9 Å². The second-order valence-corrected chi connectivity index (χ2v) is 7.00. The van der Waals surface area contributed by atoms with Gasteiger partial charge in [0.05, 0.1) is 18.8 Å². The highest BCUT2D eigenvalue weighted by Crippen LogP contribution is 2.26. The van der Waals surface area contributed by atoms with Crippen molar-refractivity contribution in [3.8, 4) is 0 Å². The molecule has 4 nitrogen and oxygen atoms in total. The maximum Gasteiger partial charge on any atom is 0.252 e. The molecule has 0 radical (unpaired) electrons. The summed E-state index contributed by atoms with van der Waals surface area (Å²) in [7, 11) is 0. The standard InChI is InChI=1S/C20H24N2O2S/c23-20(21-10-11-22-12-14-24-15-13-22)18-8-4-5-9-19(18)25-16-17-6-2-1-3-7-17/h1-9H,10-16H2,(H,21,23). The first kappa shape index (κ1) is 18.0. The number of nitrogens with zero attached hydrogens (tertiary/aromatic N) is 1. The molecule has 1 fully saturated rings. The Labute approximate surface area is 153 Å². The van der Waals surface area contributed by atoms with Crippen LogP contribution in [0, 0.1) is 0 Å². The Morgan fingerprint density at radius 1 is 1.04 bits per heavy atom. The Morgan fingerprint density at radius 2 is 1.76 bits per heavy atom. The third-order valence-electron chi connectivity index (χ3n) is 4.19. The summed E-state index contributed by atoms with van der Waals surface area (Å²) in [6.45, 7) is 4.99. The Morgan fingerprint density at radius 3 is 2.56 bits per heavy atom. The summed E-state index contributed by atoms with van der Waals surface area (Å²) < 4.78 is 5.34. The zero-order valence-electron chi connectivity index (χ0n) is 14.3. The molecule has 25 heavy (non-hydrogen) atoms. The van der Waals surface area contributed by atoms with Gasteiger partial charge in [-0.25, -0.2) is 0 Å². The van der Waals surface area contributed by atoms with Crippen LogP contribution >= 0.6 is 11.8 Å². The molecule has 0 bridgehead atoms. The van der Waals surface area contributed by atoms with Gasteiger partial charge in [0.25, 0.3) is 5.91 Å². The van der Waals surface area contributed by atoms with E-state index in [0.717, 1.165) is 49.1 Å². The van der Waals surface area contributed by atoms with E-state index >= 15 is 0 Å². The Hall–Kier alpha value is -1.82. The summed E-state index contributed by atoms with van der Waals surface area (Å²) in [5.74, 6) is 0.864. The molecule has 1 N–H and O–H groups in total. The largest absolute Gasteiger partial charge is 0.379 e. The molecule has 0 atom stereocenters. The van der Waals surface area contributed by atoms with E-state index in [2.05, 4.69) is 22.3 Å². The summed E-state index contributed by atoms with van der Waals surface area (Å²) in [6.07, 6.45) is 0. The number of amides is 1. The summed E-state index contributed by atoms with van der Waals surface area (Å²) in [5, 5.41) is 3.05. The van der Waals surface area contributed by atoms with E-state index in [-0.39, 0.29) is 5.91 Å². The van der Waals surface area contributed by atoms with Crippen molar-refractivity contribution in [3.05, 3.63) is 65.7 Å². The predicted octanol–water partition coefficient (Wildman–Crippen LogP) is 3.04. The van der Waals surface area contributed by atoms with Crippen molar-refractivity contribution in [2.45, 2.75) is 10.6 Å². The van der Waals surface area contributed by atoms with Crippen molar-refractivity contribution in [1.82, 2.24) is 10.2 Å². The zero-order chi connectivity index (χ0) is 17.3. The molecule has 2 aromatic carbocycles. The predicted molar refractivity (Wildman–Crippen MR) is 102 cm³/mol. The van der Waals surface area contributed by atoms with Crippen molar-refractivity contribution in [3.63, 3.8) is 0 Å². The number of hydrogen-bond donors (Lipinski definition) is 1. The van der Waals surface area contributed by atoms with Crippen molar-refractivity contribution in [1.29, 1.82) is 0 Å². The van der Waals surface area contributed by atoms with E-state index in [1.54, 1.807) is 11.8 Å². The molecule has 0 unspecified atom stereocenters. The molecule has 5 heteroatoms. The lowest BCUT2D eigenvalue weighted by Crippen LogP contribution is -2.41. The fraction of sp³-hybridized carbons (Fsp3) is 0.350. The fourth-order valence-corrected chi connectivity index (χ4v) is 3.77. The number of rotatable bonds is 7. The van der Waals surface area contributed by atoms with Gasteiger partial charge in [0.1, 0.15) is 0 Å². The lowest BCUT2D eigenvalue weighted by molar-refractivity contribution is 0.0383. The zero-order valence-corrected chi connectivity index (χ0v) is 15.1. The first-order valence-corrected chi connectivity index (χ1v) is 9.65. The van der Waals surface area contributed by atoms with Gasteiger partial charge in [-0.1, -0.05) is 42.5 Å². The summed E-state index contributed by atoms with van der Waals surface area (Å²) >= 11 is 1.70. The van der Waals surface area contributed by atoms with Gasteiger partial charge in [-0.2, -0.15) is 0 Å². The van der Waals surface area contributed by atoms with Crippen LogP contribution in [0.15, 0.2) is 59.5 Å². The van der Waals surface area contributed by atoms with Crippen molar-refractivity contribution in [2.24, 2.45) is 0 Å². The topological polar surface area (TPSA) is 41.6 Å². The van der Waals surface area contributed by atoms with Crippen LogP contribution in [0.25, 0.3) is 0 Å². The number of nitrogens with one attached hydrogen (secondary N) is 1. The fourth-order valence-electron chi connectivity index (χ4n) is 2.76. The Kier molecular flexibility index (Phi) is 6.91. The summed E-state index contributed by atoms with van der Waals surface area (Å²) in [6, 6.07) is 18.1. The van der Waals surface area contributed by atoms with Crippen LogP contribution in [0.5, 0.6) is 0 Å². The molecule has 0 aromatic heterocycles. The minimum atomic E-state index is 0.00409. The lowest BCUT2D eigenvalue weighted by atomic mass is 10.2. The number of carbonyl (C=O) groups is 1. The lowest BCUT2D eigenvalue weighted by Gasteiger charge is -2.26. The van der Waals surface area contributed by atoms with Crippen LogP contribution in [0.4, 0.5) is 0 Å². The number of ether oxygens (including phenoxy) is 1. The molecule has 0 spiro atoms. The van der Waals surface area contributed by atoms with Crippen LogP contribution in [-0.4, -0.2) is 50.2 Å². The number of benzene rings is 2. The van der Waals surface area contributed by atoms with Gasteiger partial charge in [0.15, 0.2) is 0 Å². The number of thioether (sulfide) groups is 1. The van der Waals surface area contributed by atoms with Gasteiger partial charge in [0.2, 0.25) is 0 Å². The molecular formula is C20H24N2O2S. The first-order chi connectivity index (χ1) is 12.3. The van der Waals surface area contributed by atoms with E-state index in [0.29, 0.717) is 6.54 Å². The smallest absolute Gasteiger partial charge is 0.252 e. The van der Waals surface area contributed by atoms with E-state index in [9.17, 15) is 4.79 Å². The quantitative estimate of drug-likeness (QED) is 0.774. The minimum absolute atomic E-state index is 0.00409. The van der Waals surface area contributed by atoms with Gasteiger partial charge in [-0.05, 0) is 17.7 Å². The third kappa shape index (κ3) is 5.59. The monoisotopic (exact) mass is 356 g/mol. The van der Waals surface area contributed by atoms with E-state index in [4.69, 9.17) is 4.74 Å². The summed E-state index contributed by atoms with van der Waals surface area (Å²) in [4.78, 5) is 15.9. The maximum atomic E-state index is 12.6. The van der Waals surface area contributed by atoms with Gasteiger partial charge in [-0.15, -0.1) is 11.8 Å². The van der Waals surface area contributed by atoms with Crippen LogP contribution in [0.2, 0.25) is 0 Å². The Bertz CT molecular complexity index is 672. The van der Waals surface area contributed by atoms with E-state index < -0.39 is 0 Å². The van der Waals surface area contributed by atoms with Crippen molar-refractivity contribution < 1.29 is 9.53 Å². The molecule has 1 aliphatic heterocycles. The van der Waals surface area contributed by atoms with E-state index in [1.165, 1.54) is 5.56 Å². The molecule has 1 amide bonds. The SMILES string of the molecule is O=C(NCCN1CCOCC1)c1ccccc1SCc1ccccc1. The van der Waals surface area contributed by atoms with Gasteiger partial charge < -0.3 is 10.1 Å². The number of carbonyl (C=O) groups excluding carboxylic acids is 1. The van der Waals surface area contributed by atoms with E-state index in [1.807, 2.05) is 42.5 Å². The average Bonchev–Trinajstić information content (AvgIpc) is 2.68. The summed E-state index contributed by atoms with van der Waals surface area (Å²) in [5.41, 5.74) is 2.01. The molecule has 2 aromatic rings. The van der Waals surface area contributed by atoms with Crippen LogP contribution in [0.3, 0.4) is 0 Å². The molecule has 3 rings (SSSR count). The van der Waals surface area contributed by atoms with Crippen LogP contribution < -0.4 is 5.32 Å². The molecular weight excluding hydrogens is 332 g/mol. The normalized spacial score (nSPS) is 15.0. The molecule has 1 aliphatic rings. The van der Waals surface area contributed by atoms with Gasteiger partial charge >= 0.3 is 0 Å². The van der Waals surface area contributed by atoms with Crippen LogP contribution in [-0.2, 0) is 10.5 Å². The molecule has 132 valence electrons. The second kappa shape index (κ2) is 9.61. The number of morpholine rings is 1. The van der Waals surface area contributed by atoms with Gasteiger partial charge in [0, 0.05) is 36.8 Å². The highest BCUT2D eigenvalue weighted by atomic mass is 32.2. The number of hydrogen-bond acceptors (Lipinski definition) is 4. The second-order valence-electron chi connectivity index (χ2n) is 5.98. The minimum Gasteiger partial charge on any atom is -0.379 e. The average molecular weight is 356 g/mol. The highest BCUT2D eigenvalue weighted by molar-refractivity contribution is 7.98. The van der Waals surface area contributed by atoms with Crippen molar-refractivity contribution >= 4 is 17.7 Å². The highest BCUT2D eigenvalue weighted by Gasteiger charge is 2.13. The molecule has 0 aliphatic carbocycles. The molecule has 0 saturated carbocycles.